The molecular weight excluding hydrogens is 400 g/mol. The molecule has 0 radical (unpaired) electrons. The van der Waals surface area contributed by atoms with Crippen LogP contribution in [0.2, 0.25) is 0 Å². The van der Waals surface area contributed by atoms with Crippen molar-refractivity contribution in [2.45, 2.75) is 38.1 Å². The molecule has 1 N–H and O–H groups in total. The first kappa shape index (κ1) is 22.1. The van der Waals surface area contributed by atoms with Crippen molar-refractivity contribution in [2.24, 2.45) is 0 Å². The van der Waals surface area contributed by atoms with Crippen molar-refractivity contribution in [1.82, 2.24) is 14.7 Å². The van der Waals surface area contributed by atoms with E-state index in [1.54, 1.807) is 6.20 Å². The van der Waals surface area contributed by atoms with Crippen LogP contribution >= 0.6 is 0 Å². The van der Waals surface area contributed by atoms with Gasteiger partial charge in [0.2, 0.25) is 5.91 Å². The van der Waals surface area contributed by atoms with Crippen molar-refractivity contribution >= 4 is 11.7 Å². The summed E-state index contributed by atoms with van der Waals surface area (Å²) in [6.07, 6.45) is 6.48. The van der Waals surface area contributed by atoms with Gasteiger partial charge in [-0.2, -0.15) is 5.10 Å². The Hall–Kier alpha value is -3.12. The fourth-order valence-electron chi connectivity index (χ4n) is 4.23. The second kappa shape index (κ2) is 11.5. The summed E-state index contributed by atoms with van der Waals surface area (Å²) in [6.45, 7) is 3.62. The van der Waals surface area contributed by atoms with Gasteiger partial charge >= 0.3 is 0 Å². The first-order valence-corrected chi connectivity index (χ1v) is 11.6. The average molecular weight is 433 g/mol. The van der Waals surface area contributed by atoms with Crippen LogP contribution in [0.5, 0.6) is 5.75 Å². The Morgan fingerprint density at radius 1 is 1.00 bits per heavy atom. The van der Waals surface area contributed by atoms with Crippen molar-refractivity contribution in [3.63, 3.8) is 0 Å². The molecule has 32 heavy (non-hydrogen) atoms. The number of para-hydroxylation sites is 1. The van der Waals surface area contributed by atoms with Crippen LogP contribution in [0.25, 0.3) is 0 Å². The van der Waals surface area contributed by atoms with E-state index in [9.17, 15) is 4.79 Å². The molecular formula is C26H32N4O2. The van der Waals surface area contributed by atoms with Crippen LogP contribution in [0.15, 0.2) is 72.9 Å². The Labute approximate surface area is 190 Å². The van der Waals surface area contributed by atoms with E-state index in [4.69, 9.17) is 4.74 Å². The highest BCUT2D eigenvalue weighted by molar-refractivity contribution is 5.89. The maximum atomic E-state index is 12.4. The van der Waals surface area contributed by atoms with Crippen LogP contribution in [-0.2, 0) is 11.2 Å². The zero-order chi connectivity index (χ0) is 22.0. The van der Waals surface area contributed by atoms with Crippen LogP contribution < -0.4 is 10.1 Å². The smallest absolute Gasteiger partial charge is 0.228 e. The van der Waals surface area contributed by atoms with E-state index in [0.29, 0.717) is 19.1 Å². The Bertz CT molecular complexity index is 950. The van der Waals surface area contributed by atoms with Crippen molar-refractivity contribution in [2.75, 3.05) is 31.6 Å². The van der Waals surface area contributed by atoms with Gasteiger partial charge in [0.05, 0.1) is 25.3 Å². The molecule has 2 heterocycles. The highest BCUT2D eigenvalue weighted by Gasteiger charge is 2.23. The zero-order valence-corrected chi connectivity index (χ0v) is 18.5. The van der Waals surface area contributed by atoms with Crippen molar-refractivity contribution in [3.05, 3.63) is 78.5 Å². The van der Waals surface area contributed by atoms with Crippen LogP contribution in [0, 0.1) is 0 Å². The number of rotatable bonds is 10. The zero-order valence-electron chi connectivity index (χ0n) is 18.5. The third kappa shape index (κ3) is 6.44. The number of carbonyl (C=O) groups is 1. The number of anilines is 1. The molecule has 6 nitrogen and oxygen atoms in total. The molecule has 1 amide bonds. The Balaban J connectivity index is 1.18. The molecule has 1 aliphatic rings. The standard InChI is InChI=1S/C26H32N4O2/c31-26(16-21-32-24-11-5-2-6-12-24)28-25-13-17-27-30(25)23-14-19-29(20-15-23)18-7-10-22-8-3-1-4-9-22/h1-6,8-9,11-13,17,23H,7,10,14-16,18-21H2,(H,28,31). The third-order valence-electron chi connectivity index (χ3n) is 5.96. The van der Waals surface area contributed by atoms with Crippen molar-refractivity contribution in [3.8, 4) is 5.75 Å². The number of benzene rings is 2. The summed E-state index contributed by atoms with van der Waals surface area (Å²) >= 11 is 0. The highest BCUT2D eigenvalue weighted by atomic mass is 16.5. The highest BCUT2D eigenvalue weighted by Crippen LogP contribution is 2.25. The minimum atomic E-state index is -0.0546. The van der Waals surface area contributed by atoms with Gasteiger partial charge in [-0.1, -0.05) is 48.5 Å². The lowest BCUT2D eigenvalue weighted by Gasteiger charge is -2.32. The van der Waals surface area contributed by atoms with Gasteiger partial charge in [0.25, 0.3) is 0 Å². The van der Waals surface area contributed by atoms with Crippen LogP contribution in [0.4, 0.5) is 5.82 Å². The van der Waals surface area contributed by atoms with Crippen LogP contribution in [0.3, 0.4) is 0 Å². The number of carbonyl (C=O) groups excluding carboxylic acids is 1. The maximum absolute atomic E-state index is 12.4. The second-order valence-corrected chi connectivity index (χ2v) is 8.28. The van der Waals surface area contributed by atoms with Crippen molar-refractivity contribution < 1.29 is 9.53 Å². The third-order valence-corrected chi connectivity index (χ3v) is 5.96. The van der Waals surface area contributed by atoms with Crippen LogP contribution in [0.1, 0.15) is 37.3 Å². The Morgan fingerprint density at radius 3 is 2.47 bits per heavy atom. The molecule has 6 heteroatoms. The molecule has 0 aliphatic carbocycles. The first-order valence-electron chi connectivity index (χ1n) is 11.6. The number of hydrogen-bond donors (Lipinski definition) is 1. The summed E-state index contributed by atoms with van der Waals surface area (Å²) in [5, 5.41) is 7.51. The molecule has 1 aliphatic heterocycles. The van der Waals surface area contributed by atoms with E-state index < -0.39 is 0 Å². The number of aryl methyl sites for hydroxylation is 1. The number of ether oxygens (including phenoxy) is 1. The quantitative estimate of drug-likeness (QED) is 0.510. The van der Waals surface area contributed by atoms with Gasteiger partial charge < -0.3 is 15.0 Å². The van der Waals surface area contributed by atoms with Gasteiger partial charge in [0.15, 0.2) is 0 Å². The second-order valence-electron chi connectivity index (χ2n) is 8.28. The number of piperidine rings is 1. The molecule has 0 atom stereocenters. The molecule has 0 unspecified atom stereocenters. The largest absolute Gasteiger partial charge is 0.493 e. The average Bonchev–Trinajstić information content (AvgIpc) is 3.29. The SMILES string of the molecule is O=C(CCOc1ccccc1)Nc1ccnn1C1CCN(CCCc2ccccc2)CC1. The van der Waals surface area contributed by atoms with E-state index in [1.807, 2.05) is 41.1 Å². The summed E-state index contributed by atoms with van der Waals surface area (Å²) in [4.78, 5) is 14.9. The normalized spacial score (nSPS) is 14.9. The monoisotopic (exact) mass is 432 g/mol. The number of nitrogens with one attached hydrogen (secondary N) is 1. The number of nitrogens with zero attached hydrogens (tertiary/aromatic N) is 3. The topological polar surface area (TPSA) is 59.4 Å². The molecule has 0 spiro atoms. The summed E-state index contributed by atoms with van der Waals surface area (Å²) in [5.41, 5.74) is 1.41. The molecule has 168 valence electrons. The Morgan fingerprint density at radius 2 is 1.72 bits per heavy atom. The number of hydrogen-bond acceptors (Lipinski definition) is 4. The lowest BCUT2D eigenvalue weighted by Crippen LogP contribution is -2.36. The number of aromatic nitrogens is 2. The van der Waals surface area contributed by atoms with E-state index in [-0.39, 0.29) is 5.91 Å². The number of amides is 1. The fraction of sp³-hybridized carbons (Fsp3) is 0.385. The van der Waals surface area contributed by atoms with Gasteiger partial charge in [0, 0.05) is 19.2 Å². The summed E-state index contributed by atoms with van der Waals surface area (Å²) in [6, 6.07) is 22.5. The molecule has 3 aromatic rings. The minimum absolute atomic E-state index is 0.0546. The van der Waals surface area contributed by atoms with E-state index >= 15 is 0 Å². The predicted octanol–water partition coefficient (Wildman–Crippen LogP) is 4.56. The van der Waals surface area contributed by atoms with E-state index in [1.165, 1.54) is 12.0 Å². The molecule has 4 rings (SSSR count). The van der Waals surface area contributed by atoms with Crippen molar-refractivity contribution in [1.29, 1.82) is 0 Å². The summed E-state index contributed by atoms with van der Waals surface area (Å²) in [7, 11) is 0. The fourth-order valence-corrected chi connectivity index (χ4v) is 4.23. The van der Waals surface area contributed by atoms with Gasteiger partial charge in [-0.3, -0.25) is 4.79 Å². The lowest BCUT2D eigenvalue weighted by molar-refractivity contribution is -0.116. The predicted molar refractivity (Wildman–Crippen MR) is 127 cm³/mol. The van der Waals surface area contributed by atoms with E-state index in [0.717, 1.165) is 50.5 Å². The summed E-state index contributed by atoms with van der Waals surface area (Å²) < 4.78 is 7.61. The van der Waals surface area contributed by atoms with Gasteiger partial charge in [0.1, 0.15) is 11.6 Å². The minimum Gasteiger partial charge on any atom is -0.493 e. The molecule has 1 fully saturated rings. The molecule has 0 saturated carbocycles. The van der Waals surface area contributed by atoms with Gasteiger partial charge in [-0.25, -0.2) is 4.68 Å². The molecule has 1 aromatic heterocycles. The lowest BCUT2D eigenvalue weighted by atomic mass is 10.0. The maximum Gasteiger partial charge on any atom is 0.228 e. The molecule has 1 saturated heterocycles. The molecule has 0 bridgehead atoms. The van der Waals surface area contributed by atoms with E-state index in [2.05, 4.69) is 45.6 Å². The Kier molecular flexibility index (Phi) is 7.93. The molecule has 2 aromatic carbocycles. The van der Waals surface area contributed by atoms with Gasteiger partial charge in [-0.15, -0.1) is 0 Å². The number of likely N-dealkylation sites (tertiary alicyclic amines) is 1. The first-order chi connectivity index (χ1) is 15.8. The summed E-state index contributed by atoms with van der Waals surface area (Å²) in [5.74, 6) is 1.50. The van der Waals surface area contributed by atoms with Crippen LogP contribution in [-0.4, -0.2) is 46.8 Å². The van der Waals surface area contributed by atoms with Gasteiger partial charge in [-0.05, 0) is 49.9 Å².